The van der Waals surface area contributed by atoms with Gasteiger partial charge < -0.3 is 10.5 Å². The molecule has 0 saturated carbocycles. The van der Waals surface area contributed by atoms with Gasteiger partial charge in [-0.2, -0.15) is 0 Å². The second kappa shape index (κ2) is 5.79. The second-order valence-corrected chi connectivity index (χ2v) is 6.76. The van der Waals surface area contributed by atoms with Crippen LogP contribution in [0.1, 0.15) is 22.7 Å². The minimum absolute atomic E-state index is 0.192. The first-order chi connectivity index (χ1) is 10.1. The number of aryl methyl sites for hydroxylation is 1. The van der Waals surface area contributed by atoms with Crippen molar-refractivity contribution in [2.75, 3.05) is 7.11 Å². The van der Waals surface area contributed by atoms with Gasteiger partial charge in [-0.05, 0) is 51.3 Å². The summed E-state index contributed by atoms with van der Waals surface area (Å²) < 4.78 is 7.81. The third kappa shape index (κ3) is 2.59. The first-order valence-electron chi connectivity index (χ1n) is 6.67. The molecule has 1 aromatic heterocycles. The van der Waals surface area contributed by atoms with Gasteiger partial charge in [-0.25, -0.2) is 0 Å². The van der Waals surface area contributed by atoms with E-state index in [0.29, 0.717) is 0 Å². The van der Waals surface area contributed by atoms with Crippen LogP contribution in [0.2, 0.25) is 0 Å². The summed E-state index contributed by atoms with van der Waals surface area (Å²) in [6, 6.07) is 12.2. The summed E-state index contributed by atoms with van der Waals surface area (Å²) in [5.74, 6) is 0.836. The van der Waals surface area contributed by atoms with E-state index in [2.05, 4.69) is 46.4 Å². The average molecular weight is 362 g/mol. The maximum atomic E-state index is 6.53. The number of benzene rings is 2. The van der Waals surface area contributed by atoms with Gasteiger partial charge in [0.15, 0.2) is 0 Å². The molecule has 0 fully saturated rings. The molecule has 0 saturated heterocycles. The topological polar surface area (TPSA) is 35.2 Å². The van der Waals surface area contributed by atoms with Crippen molar-refractivity contribution in [1.82, 2.24) is 0 Å². The number of thiophene rings is 1. The van der Waals surface area contributed by atoms with E-state index in [1.807, 2.05) is 18.2 Å². The third-order valence-corrected chi connectivity index (χ3v) is 5.61. The number of fused-ring (bicyclic) bond motifs is 1. The van der Waals surface area contributed by atoms with E-state index in [9.17, 15) is 0 Å². The SMILES string of the molecule is COc1ccc(C)cc1C(N)c1csc2c(Br)cccc12. The molecule has 0 aliphatic carbocycles. The fraction of sp³-hybridized carbons (Fsp3) is 0.176. The molecule has 2 aromatic carbocycles. The van der Waals surface area contributed by atoms with Crippen molar-refractivity contribution < 1.29 is 4.74 Å². The van der Waals surface area contributed by atoms with Gasteiger partial charge in [0.25, 0.3) is 0 Å². The van der Waals surface area contributed by atoms with Crippen LogP contribution in [0.25, 0.3) is 10.1 Å². The molecule has 1 heterocycles. The number of hydrogen-bond acceptors (Lipinski definition) is 3. The van der Waals surface area contributed by atoms with E-state index >= 15 is 0 Å². The first kappa shape index (κ1) is 14.6. The quantitative estimate of drug-likeness (QED) is 0.709. The molecule has 0 aliphatic heterocycles. The predicted octanol–water partition coefficient (Wildman–Crippen LogP) is 5.03. The monoisotopic (exact) mass is 361 g/mol. The summed E-state index contributed by atoms with van der Waals surface area (Å²) in [5.41, 5.74) is 9.88. The Hall–Kier alpha value is -1.36. The van der Waals surface area contributed by atoms with E-state index < -0.39 is 0 Å². The Balaban J connectivity index is 2.15. The molecule has 0 spiro atoms. The maximum Gasteiger partial charge on any atom is 0.123 e. The number of nitrogens with two attached hydrogens (primary N) is 1. The molecular weight excluding hydrogens is 346 g/mol. The average Bonchev–Trinajstić information content (AvgIpc) is 2.92. The molecule has 3 aromatic rings. The van der Waals surface area contributed by atoms with Crippen LogP contribution in [0.4, 0.5) is 0 Å². The molecule has 0 bridgehead atoms. The maximum absolute atomic E-state index is 6.53. The van der Waals surface area contributed by atoms with Crippen molar-refractivity contribution >= 4 is 37.4 Å². The Morgan fingerprint density at radius 3 is 2.76 bits per heavy atom. The smallest absolute Gasteiger partial charge is 0.123 e. The summed E-state index contributed by atoms with van der Waals surface area (Å²) in [5, 5.41) is 3.34. The number of rotatable bonds is 3. The van der Waals surface area contributed by atoms with Crippen molar-refractivity contribution in [3.63, 3.8) is 0 Å². The van der Waals surface area contributed by atoms with Crippen LogP contribution in [0, 0.1) is 6.92 Å². The summed E-state index contributed by atoms with van der Waals surface area (Å²) in [6.45, 7) is 2.07. The predicted molar refractivity (Wildman–Crippen MR) is 93.3 cm³/mol. The second-order valence-electron chi connectivity index (χ2n) is 5.03. The largest absolute Gasteiger partial charge is 0.496 e. The highest BCUT2D eigenvalue weighted by Crippen LogP contribution is 2.38. The highest BCUT2D eigenvalue weighted by molar-refractivity contribution is 9.10. The van der Waals surface area contributed by atoms with Crippen molar-refractivity contribution in [1.29, 1.82) is 0 Å². The van der Waals surface area contributed by atoms with Gasteiger partial charge in [0.2, 0.25) is 0 Å². The normalized spacial score (nSPS) is 12.6. The van der Waals surface area contributed by atoms with Crippen LogP contribution in [0.15, 0.2) is 46.3 Å². The standard InChI is InChI=1S/C17H16BrNOS/c1-10-6-7-15(20-2)12(8-10)16(19)13-9-21-17-11(13)4-3-5-14(17)18/h3-9,16H,19H2,1-2H3. The molecule has 108 valence electrons. The minimum Gasteiger partial charge on any atom is -0.496 e. The lowest BCUT2D eigenvalue weighted by Gasteiger charge is -2.16. The zero-order chi connectivity index (χ0) is 15.0. The van der Waals surface area contributed by atoms with Crippen LogP contribution in [-0.2, 0) is 0 Å². The molecule has 2 nitrogen and oxygen atoms in total. The van der Waals surface area contributed by atoms with E-state index in [4.69, 9.17) is 10.5 Å². The van der Waals surface area contributed by atoms with Crippen LogP contribution in [0.3, 0.4) is 0 Å². The lowest BCUT2D eigenvalue weighted by molar-refractivity contribution is 0.408. The number of halogens is 1. The van der Waals surface area contributed by atoms with Crippen LogP contribution in [0.5, 0.6) is 5.75 Å². The summed E-state index contributed by atoms with van der Waals surface area (Å²) >= 11 is 5.31. The van der Waals surface area contributed by atoms with E-state index in [-0.39, 0.29) is 6.04 Å². The number of methoxy groups -OCH3 is 1. The number of hydrogen-bond donors (Lipinski definition) is 1. The van der Waals surface area contributed by atoms with Gasteiger partial charge in [-0.1, -0.05) is 29.8 Å². The van der Waals surface area contributed by atoms with E-state index in [0.717, 1.165) is 21.3 Å². The van der Waals surface area contributed by atoms with E-state index in [1.54, 1.807) is 18.4 Å². The minimum atomic E-state index is -0.192. The first-order valence-corrected chi connectivity index (χ1v) is 8.35. The fourth-order valence-electron chi connectivity index (χ4n) is 2.55. The highest BCUT2D eigenvalue weighted by Gasteiger charge is 2.18. The van der Waals surface area contributed by atoms with Crippen LogP contribution in [-0.4, -0.2) is 7.11 Å². The van der Waals surface area contributed by atoms with Gasteiger partial charge in [0, 0.05) is 14.7 Å². The Labute approximate surface area is 136 Å². The molecule has 0 radical (unpaired) electrons. The van der Waals surface area contributed by atoms with Crippen molar-refractivity contribution in [2.24, 2.45) is 5.73 Å². The lowest BCUT2D eigenvalue weighted by atomic mass is 9.97. The molecule has 21 heavy (non-hydrogen) atoms. The molecule has 2 N–H and O–H groups in total. The molecule has 0 aliphatic rings. The molecule has 3 rings (SSSR count). The van der Waals surface area contributed by atoms with Crippen molar-refractivity contribution in [3.8, 4) is 5.75 Å². The Morgan fingerprint density at radius 1 is 1.19 bits per heavy atom. The molecule has 4 heteroatoms. The van der Waals surface area contributed by atoms with Crippen molar-refractivity contribution in [3.05, 3.63) is 62.9 Å². The van der Waals surface area contributed by atoms with Crippen molar-refractivity contribution in [2.45, 2.75) is 13.0 Å². The summed E-state index contributed by atoms with van der Waals surface area (Å²) in [4.78, 5) is 0. The summed E-state index contributed by atoms with van der Waals surface area (Å²) in [6.07, 6.45) is 0. The van der Waals surface area contributed by atoms with Crippen LogP contribution < -0.4 is 10.5 Å². The summed E-state index contributed by atoms with van der Waals surface area (Å²) in [7, 11) is 1.68. The Bertz CT molecular complexity index is 797. The molecular formula is C17H16BrNOS. The van der Waals surface area contributed by atoms with Gasteiger partial charge in [0.05, 0.1) is 13.2 Å². The van der Waals surface area contributed by atoms with Gasteiger partial charge in [-0.3, -0.25) is 0 Å². The van der Waals surface area contributed by atoms with Gasteiger partial charge >= 0.3 is 0 Å². The zero-order valence-electron chi connectivity index (χ0n) is 11.9. The van der Waals surface area contributed by atoms with Gasteiger partial charge in [0.1, 0.15) is 5.75 Å². The highest BCUT2D eigenvalue weighted by atomic mass is 79.9. The number of ether oxygens (including phenoxy) is 1. The van der Waals surface area contributed by atoms with E-state index in [1.165, 1.54) is 15.6 Å². The Kier molecular flexibility index (Phi) is 4.02. The molecule has 1 atom stereocenters. The van der Waals surface area contributed by atoms with Crippen LogP contribution >= 0.6 is 27.3 Å². The third-order valence-electron chi connectivity index (χ3n) is 3.64. The molecule has 1 unspecified atom stereocenters. The van der Waals surface area contributed by atoms with Gasteiger partial charge in [-0.15, -0.1) is 11.3 Å². The zero-order valence-corrected chi connectivity index (χ0v) is 14.3. The molecule has 0 amide bonds. The Morgan fingerprint density at radius 2 is 2.00 bits per heavy atom. The lowest BCUT2D eigenvalue weighted by Crippen LogP contribution is -2.12. The fourth-order valence-corrected chi connectivity index (χ4v) is 4.21.